The Morgan fingerprint density at radius 2 is 2.19 bits per heavy atom. The number of likely N-dealkylation sites (tertiary alicyclic amines) is 1. The van der Waals surface area contributed by atoms with Crippen LogP contribution in [0, 0.1) is 6.92 Å². The number of carbonyl (C=O) groups excluding carboxylic acids is 1. The highest BCUT2D eigenvalue weighted by Crippen LogP contribution is 2.28. The number of phenols is 1. The number of imidazole rings is 1. The van der Waals surface area contributed by atoms with Crippen molar-refractivity contribution in [2.45, 2.75) is 32.2 Å². The molecule has 2 heterocycles. The summed E-state index contributed by atoms with van der Waals surface area (Å²) in [7, 11) is 4.13. The molecule has 1 atom stereocenters. The van der Waals surface area contributed by atoms with Crippen molar-refractivity contribution < 1.29 is 9.90 Å². The summed E-state index contributed by atoms with van der Waals surface area (Å²) in [6.07, 6.45) is 5.89. The Kier molecular flexibility index (Phi) is 5.61. The largest absolute Gasteiger partial charge is 0.508 e. The smallest absolute Gasteiger partial charge is 0.254 e. The van der Waals surface area contributed by atoms with E-state index in [-0.39, 0.29) is 17.6 Å². The molecule has 1 aliphatic heterocycles. The number of hydrogen-bond acceptors (Lipinski definition) is 4. The zero-order valence-electron chi connectivity index (χ0n) is 15.9. The van der Waals surface area contributed by atoms with Gasteiger partial charge in [-0.3, -0.25) is 4.79 Å². The summed E-state index contributed by atoms with van der Waals surface area (Å²) in [5.74, 6) is 1.48. The van der Waals surface area contributed by atoms with Gasteiger partial charge in [0.05, 0.1) is 0 Å². The van der Waals surface area contributed by atoms with E-state index in [1.54, 1.807) is 25.1 Å². The number of piperidine rings is 1. The van der Waals surface area contributed by atoms with Crippen molar-refractivity contribution >= 4 is 5.91 Å². The fourth-order valence-corrected chi connectivity index (χ4v) is 3.58. The van der Waals surface area contributed by atoms with Crippen molar-refractivity contribution in [2.24, 2.45) is 0 Å². The number of benzene rings is 1. The van der Waals surface area contributed by atoms with E-state index in [2.05, 4.69) is 28.5 Å². The average molecular weight is 356 g/mol. The Balaban J connectivity index is 1.75. The number of hydrogen-bond donors (Lipinski definition) is 1. The molecule has 2 aromatic rings. The second-order valence-electron chi connectivity index (χ2n) is 7.32. The minimum Gasteiger partial charge on any atom is -0.508 e. The summed E-state index contributed by atoms with van der Waals surface area (Å²) in [5.41, 5.74) is 1.23. The first-order valence-electron chi connectivity index (χ1n) is 9.21. The first-order valence-corrected chi connectivity index (χ1v) is 9.21. The van der Waals surface area contributed by atoms with Gasteiger partial charge in [0, 0.05) is 55.6 Å². The fraction of sp³-hybridized carbons (Fsp3) is 0.500. The molecular formula is C20H28N4O2. The van der Waals surface area contributed by atoms with Gasteiger partial charge in [-0.1, -0.05) is 6.07 Å². The molecule has 0 spiro atoms. The van der Waals surface area contributed by atoms with Gasteiger partial charge in [-0.15, -0.1) is 0 Å². The molecule has 0 bridgehead atoms. The number of amides is 1. The number of nitrogens with zero attached hydrogens (tertiary/aromatic N) is 4. The third kappa shape index (κ3) is 3.90. The van der Waals surface area contributed by atoms with Crippen molar-refractivity contribution in [1.29, 1.82) is 0 Å². The maximum Gasteiger partial charge on any atom is 0.254 e. The van der Waals surface area contributed by atoms with Gasteiger partial charge in [0.2, 0.25) is 0 Å². The minimum absolute atomic E-state index is 0.00509. The predicted molar refractivity (Wildman–Crippen MR) is 102 cm³/mol. The van der Waals surface area contributed by atoms with E-state index < -0.39 is 0 Å². The van der Waals surface area contributed by atoms with Crippen molar-refractivity contribution in [3.63, 3.8) is 0 Å². The molecule has 1 aromatic carbocycles. The SMILES string of the molecule is Cc1c(O)cccc1C(=O)N1CCCC(c2nccn2CCN(C)C)C1. The normalized spacial score (nSPS) is 17.7. The molecule has 1 fully saturated rings. The van der Waals surface area contributed by atoms with E-state index in [1.165, 1.54) is 0 Å². The summed E-state index contributed by atoms with van der Waals surface area (Å²) < 4.78 is 2.21. The zero-order chi connectivity index (χ0) is 18.7. The van der Waals surface area contributed by atoms with Gasteiger partial charge in [-0.2, -0.15) is 0 Å². The fourth-order valence-electron chi connectivity index (χ4n) is 3.58. The molecule has 26 heavy (non-hydrogen) atoms. The van der Waals surface area contributed by atoms with E-state index in [4.69, 9.17) is 0 Å². The van der Waals surface area contributed by atoms with Gasteiger partial charge in [-0.25, -0.2) is 4.98 Å². The van der Waals surface area contributed by atoms with Gasteiger partial charge >= 0.3 is 0 Å². The highest BCUT2D eigenvalue weighted by Gasteiger charge is 2.28. The molecule has 0 aliphatic carbocycles. The van der Waals surface area contributed by atoms with E-state index in [1.807, 2.05) is 17.3 Å². The van der Waals surface area contributed by atoms with Crippen LogP contribution in [0.4, 0.5) is 0 Å². The zero-order valence-corrected chi connectivity index (χ0v) is 15.9. The quantitative estimate of drug-likeness (QED) is 0.894. The summed E-state index contributed by atoms with van der Waals surface area (Å²) in [6, 6.07) is 5.14. The molecule has 1 N–H and O–H groups in total. The Bertz CT molecular complexity index is 769. The first-order chi connectivity index (χ1) is 12.5. The lowest BCUT2D eigenvalue weighted by atomic mass is 9.95. The third-order valence-corrected chi connectivity index (χ3v) is 5.15. The second-order valence-corrected chi connectivity index (χ2v) is 7.32. The Morgan fingerprint density at radius 3 is 2.96 bits per heavy atom. The van der Waals surface area contributed by atoms with Crippen molar-refractivity contribution in [3.8, 4) is 5.75 Å². The van der Waals surface area contributed by atoms with Crippen molar-refractivity contribution in [1.82, 2.24) is 19.4 Å². The molecule has 1 amide bonds. The van der Waals surface area contributed by atoms with E-state index in [0.29, 0.717) is 17.7 Å². The third-order valence-electron chi connectivity index (χ3n) is 5.15. The van der Waals surface area contributed by atoms with Gasteiger partial charge in [0.15, 0.2) is 0 Å². The molecule has 1 aromatic heterocycles. The van der Waals surface area contributed by atoms with Gasteiger partial charge in [0.25, 0.3) is 5.91 Å². The number of carbonyl (C=O) groups is 1. The van der Waals surface area contributed by atoms with Gasteiger partial charge in [-0.05, 0) is 46.0 Å². The maximum absolute atomic E-state index is 13.0. The molecule has 1 aliphatic rings. The van der Waals surface area contributed by atoms with Crippen LogP contribution in [-0.2, 0) is 6.54 Å². The lowest BCUT2D eigenvalue weighted by Gasteiger charge is -2.33. The van der Waals surface area contributed by atoms with Crippen LogP contribution < -0.4 is 0 Å². The standard InChI is InChI=1S/C20H28N4O2/c1-15-17(7-4-8-18(15)25)20(26)24-10-5-6-16(14-24)19-21-9-11-23(19)13-12-22(2)3/h4,7-9,11,16,25H,5-6,10,12-14H2,1-3H3. The van der Waals surface area contributed by atoms with Gasteiger partial charge in [0.1, 0.15) is 11.6 Å². The number of rotatable bonds is 5. The summed E-state index contributed by atoms with van der Waals surface area (Å²) in [4.78, 5) is 21.6. The van der Waals surface area contributed by atoms with Crippen molar-refractivity contribution in [3.05, 3.63) is 47.5 Å². The summed E-state index contributed by atoms with van der Waals surface area (Å²) in [5, 5.41) is 9.90. The van der Waals surface area contributed by atoms with E-state index >= 15 is 0 Å². The van der Waals surface area contributed by atoms with E-state index in [0.717, 1.165) is 38.3 Å². The van der Waals surface area contributed by atoms with Crippen LogP contribution in [0.3, 0.4) is 0 Å². The molecule has 6 heteroatoms. The Labute approximate surface area is 155 Å². The lowest BCUT2D eigenvalue weighted by Crippen LogP contribution is -2.40. The van der Waals surface area contributed by atoms with Crippen LogP contribution >= 0.6 is 0 Å². The van der Waals surface area contributed by atoms with Crippen molar-refractivity contribution in [2.75, 3.05) is 33.7 Å². The number of likely N-dealkylation sites (N-methyl/N-ethyl adjacent to an activating group) is 1. The highest BCUT2D eigenvalue weighted by molar-refractivity contribution is 5.96. The molecular weight excluding hydrogens is 328 g/mol. The van der Waals surface area contributed by atoms with Crippen LogP contribution in [0.2, 0.25) is 0 Å². The van der Waals surface area contributed by atoms with Crippen LogP contribution in [0.5, 0.6) is 5.75 Å². The molecule has 0 radical (unpaired) electrons. The molecule has 140 valence electrons. The van der Waals surface area contributed by atoms with Crippen LogP contribution in [0.15, 0.2) is 30.6 Å². The Morgan fingerprint density at radius 1 is 1.38 bits per heavy atom. The first kappa shape index (κ1) is 18.5. The van der Waals surface area contributed by atoms with Gasteiger partial charge < -0.3 is 19.5 Å². The maximum atomic E-state index is 13.0. The summed E-state index contributed by atoms with van der Waals surface area (Å²) in [6.45, 7) is 5.08. The number of aromatic nitrogens is 2. The molecule has 6 nitrogen and oxygen atoms in total. The average Bonchev–Trinajstić information content (AvgIpc) is 3.10. The van der Waals surface area contributed by atoms with E-state index in [9.17, 15) is 9.90 Å². The van der Waals surface area contributed by atoms with Crippen LogP contribution in [0.25, 0.3) is 0 Å². The number of phenolic OH excluding ortho intramolecular Hbond substituents is 1. The second kappa shape index (κ2) is 7.91. The van der Waals surface area contributed by atoms with Crippen LogP contribution in [-0.4, -0.2) is 64.1 Å². The summed E-state index contributed by atoms with van der Waals surface area (Å²) >= 11 is 0. The Hall–Kier alpha value is -2.34. The monoisotopic (exact) mass is 356 g/mol. The predicted octanol–water partition coefficient (Wildman–Crippen LogP) is 2.48. The minimum atomic E-state index is -0.00509. The molecule has 3 rings (SSSR count). The number of aromatic hydroxyl groups is 1. The molecule has 1 saturated heterocycles. The highest BCUT2D eigenvalue weighted by atomic mass is 16.3. The topological polar surface area (TPSA) is 61.6 Å². The molecule has 0 saturated carbocycles. The van der Waals surface area contributed by atoms with Crippen LogP contribution in [0.1, 0.15) is 40.5 Å². The molecule has 1 unspecified atom stereocenters. The lowest BCUT2D eigenvalue weighted by molar-refractivity contribution is 0.0702.